The Morgan fingerprint density at radius 3 is 2.45 bits per heavy atom. The summed E-state index contributed by atoms with van der Waals surface area (Å²) >= 11 is 6.07. The third-order valence-electron chi connectivity index (χ3n) is 5.05. The van der Waals surface area contributed by atoms with Crippen LogP contribution in [0.3, 0.4) is 0 Å². The van der Waals surface area contributed by atoms with E-state index < -0.39 is 6.04 Å². The summed E-state index contributed by atoms with van der Waals surface area (Å²) in [6, 6.07) is 14.7. The lowest BCUT2D eigenvalue weighted by Crippen LogP contribution is -2.51. The van der Waals surface area contributed by atoms with Crippen LogP contribution in [-0.2, 0) is 16.0 Å². The van der Waals surface area contributed by atoms with Crippen molar-refractivity contribution in [3.63, 3.8) is 0 Å². The molecule has 2 amide bonds. The van der Waals surface area contributed by atoms with Crippen LogP contribution in [0.25, 0.3) is 0 Å². The number of nitrogens with zero attached hydrogens (tertiary/aromatic N) is 1. The number of ether oxygens (including phenoxy) is 1. The zero-order valence-electron chi connectivity index (χ0n) is 18.9. The number of carbonyl (C=O) groups is 2. The number of halogens is 1. The minimum absolute atomic E-state index is 0.125. The zero-order valence-corrected chi connectivity index (χ0v) is 19.6. The van der Waals surface area contributed by atoms with Gasteiger partial charge in [-0.1, -0.05) is 62.7 Å². The van der Waals surface area contributed by atoms with E-state index in [-0.39, 0.29) is 18.4 Å². The van der Waals surface area contributed by atoms with Crippen molar-refractivity contribution >= 4 is 23.4 Å². The van der Waals surface area contributed by atoms with E-state index in [1.807, 2.05) is 58.0 Å². The molecule has 0 heterocycles. The van der Waals surface area contributed by atoms with Crippen LogP contribution in [0.2, 0.25) is 5.02 Å². The van der Waals surface area contributed by atoms with Crippen molar-refractivity contribution in [2.45, 2.75) is 46.6 Å². The summed E-state index contributed by atoms with van der Waals surface area (Å²) in [5.74, 6) is 0.581. The van der Waals surface area contributed by atoms with Gasteiger partial charge in [0.1, 0.15) is 11.8 Å². The predicted molar refractivity (Wildman–Crippen MR) is 125 cm³/mol. The molecule has 0 aliphatic rings. The Labute approximate surface area is 190 Å². The molecule has 0 aromatic heterocycles. The van der Waals surface area contributed by atoms with E-state index in [9.17, 15) is 9.59 Å². The van der Waals surface area contributed by atoms with Crippen LogP contribution in [0.15, 0.2) is 48.5 Å². The van der Waals surface area contributed by atoms with E-state index in [4.69, 9.17) is 16.3 Å². The van der Waals surface area contributed by atoms with Gasteiger partial charge in [0.2, 0.25) is 5.91 Å². The van der Waals surface area contributed by atoms with Crippen LogP contribution in [0.1, 0.15) is 38.3 Å². The average Bonchev–Trinajstić information content (AvgIpc) is 2.76. The van der Waals surface area contributed by atoms with Crippen LogP contribution in [0, 0.1) is 12.8 Å². The topological polar surface area (TPSA) is 58.6 Å². The molecular formula is C25H33ClN2O3. The van der Waals surface area contributed by atoms with E-state index in [0.717, 1.165) is 11.1 Å². The van der Waals surface area contributed by atoms with Crippen LogP contribution < -0.4 is 10.1 Å². The number of rotatable bonds is 11. The van der Waals surface area contributed by atoms with E-state index >= 15 is 0 Å². The smallest absolute Gasteiger partial charge is 0.261 e. The van der Waals surface area contributed by atoms with E-state index in [2.05, 4.69) is 5.32 Å². The van der Waals surface area contributed by atoms with Crippen molar-refractivity contribution < 1.29 is 14.3 Å². The Morgan fingerprint density at radius 2 is 1.84 bits per heavy atom. The molecule has 31 heavy (non-hydrogen) atoms. The third-order valence-corrected chi connectivity index (χ3v) is 5.47. The van der Waals surface area contributed by atoms with Crippen LogP contribution in [0.5, 0.6) is 5.75 Å². The minimum atomic E-state index is -0.537. The maximum atomic E-state index is 13.1. The first-order valence-electron chi connectivity index (χ1n) is 10.8. The Balaban J connectivity index is 2.12. The fourth-order valence-corrected chi connectivity index (χ4v) is 3.37. The standard InChI is InChI=1S/C25H33ClN2O3/c1-5-23(25(30)27-16-18(2)3)28(14-13-20-9-7-6-8-10-20)24(29)17-31-21-11-12-22(26)19(4)15-21/h6-12,15,18,23H,5,13-14,16-17H2,1-4H3,(H,27,30)/t23-/m0/s1. The Bertz CT molecular complexity index is 855. The average molecular weight is 445 g/mol. The van der Waals surface area contributed by atoms with Crippen molar-refractivity contribution in [2.24, 2.45) is 5.92 Å². The van der Waals surface area contributed by atoms with Crippen molar-refractivity contribution in [2.75, 3.05) is 19.7 Å². The second kappa shape index (κ2) is 12.4. The summed E-state index contributed by atoms with van der Waals surface area (Å²) in [5.41, 5.74) is 2.00. The minimum Gasteiger partial charge on any atom is -0.484 e. The van der Waals surface area contributed by atoms with Gasteiger partial charge >= 0.3 is 0 Å². The molecular weight excluding hydrogens is 412 g/mol. The Hall–Kier alpha value is -2.53. The zero-order chi connectivity index (χ0) is 22.8. The molecule has 0 spiro atoms. The first-order valence-corrected chi connectivity index (χ1v) is 11.2. The van der Waals surface area contributed by atoms with Crippen LogP contribution in [0.4, 0.5) is 0 Å². The molecule has 0 saturated carbocycles. The number of amides is 2. The number of hydrogen-bond acceptors (Lipinski definition) is 3. The molecule has 0 radical (unpaired) electrons. The number of aryl methyl sites for hydroxylation is 1. The molecule has 2 rings (SSSR count). The van der Waals surface area contributed by atoms with Gasteiger partial charge in [0.15, 0.2) is 6.61 Å². The van der Waals surface area contributed by atoms with Crippen molar-refractivity contribution in [1.82, 2.24) is 10.2 Å². The first kappa shape index (κ1) is 24.7. The van der Waals surface area contributed by atoms with Crippen molar-refractivity contribution in [1.29, 1.82) is 0 Å². The van der Waals surface area contributed by atoms with Gasteiger partial charge < -0.3 is 15.0 Å². The van der Waals surface area contributed by atoms with Gasteiger partial charge in [0, 0.05) is 18.1 Å². The highest BCUT2D eigenvalue weighted by molar-refractivity contribution is 6.31. The first-order chi connectivity index (χ1) is 14.8. The van der Waals surface area contributed by atoms with Gasteiger partial charge in [-0.05, 0) is 55.0 Å². The highest BCUT2D eigenvalue weighted by atomic mass is 35.5. The van der Waals surface area contributed by atoms with Gasteiger partial charge in [-0.2, -0.15) is 0 Å². The predicted octanol–water partition coefficient (Wildman–Crippen LogP) is 4.65. The van der Waals surface area contributed by atoms with Crippen molar-refractivity contribution in [3.05, 3.63) is 64.7 Å². The van der Waals surface area contributed by atoms with E-state index in [1.165, 1.54) is 0 Å². The fraction of sp³-hybridized carbons (Fsp3) is 0.440. The fourth-order valence-electron chi connectivity index (χ4n) is 3.25. The lowest BCUT2D eigenvalue weighted by Gasteiger charge is -2.30. The summed E-state index contributed by atoms with van der Waals surface area (Å²) in [5, 5.41) is 3.61. The largest absolute Gasteiger partial charge is 0.484 e. The highest BCUT2D eigenvalue weighted by Gasteiger charge is 2.28. The molecule has 2 aromatic rings. The molecule has 2 aromatic carbocycles. The molecule has 168 valence electrons. The summed E-state index contributed by atoms with van der Waals surface area (Å²) in [4.78, 5) is 27.6. The summed E-state index contributed by atoms with van der Waals surface area (Å²) < 4.78 is 5.73. The van der Waals surface area contributed by atoms with Crippen LogP contribution >= 0.6 is 11.6 Å². The molecule has 0 aliphatic carbocycles. The number of carbonyl (C=O) groups excluding carboxylic acids is 2. The molecule has 0 unspecified atom stereocenters. The van der Waals surface area contributed by atoms with Gasteiger partial charge in [0.05, 0.1) is 0 Å². The summed E-state index contributed by atoms with van der Waals surface area (Å²) in [6.07, 6.45) is 1.20. The van der Waals surface area contributed by atoms with Gasteiger partial charge in [-0.15, -0.1) is 0 Å². The number of nitrogens with one attached hydrogen (secondary N) is 1. The second-order valence-electron chi connectivity index (χ2n) is 8.09. The summed E-state index contributed by atoms with van der Waals surface area (Å²) in [7, 11) is 0. The van der Waals surface area contributed by atoms with Crippen molar-refractivity contribution in [3.8, 4) is 5.75 Å². The third kappa shape index (κ3) is 7.91. The van der Waals surface area contributed by atoms with Gasteiger partial charge in [-0.25, -0.2) is 0 Å². The Morgan fingerprint density at radius 1 is 1.13 bits per heavy atom. The lowest BCUT2D eigenvalue weighted by atomic mass is 10.1. The molecule has 0 saturated heterocycles. The molecule has 6 heteroatoms. The maximum Gasteiger partial charge on any atom is 0.261 e. The summed E-state index contributed by atoms with van der Waals surface area (Å²) in [6.45, 7) is 8.78. The normalized spacial score (nSPS) is 11.8. The number of hydrogen-bond donors (Lipinski definition) is 1. The monoisotopic (exact) mass is 444 g/mol. The van der Waals surface area contributed by atoms with Gasteiger partial charge in [0.25, 0.3) is 5.91 Å². The highest BCUT2D eigenvalue weighted by Crippen LogP contribution is 2.21. The van der Waals surface area contributed by atoms with E-state index in [1.54, 1.807) is 23.1 Å². The molecule has 0 fully saturated rings. The van der Waals surface area contributed by atoms with E-state index in [0.29, 0.717) is 42.6 Å². The van der Waals surface area contributed by atoms with Gasteiger partial charge in [-0.3, -0.25) is 9.59 Å². The molecule has 1 atom stereocenters. The molecule has 0 aliphatic heterocycles. The SMILES string of the molecule is CC[C@@H](C(=O)NCC(C)C)N(CCc1ccccc1)C(=O)COc1ccc(Cl)c(C)c1. The quantitative estimate of drug-likeness (QED) is 0.548. The number of benzene rings is 2. The molecule has 0 bridgehead atoms. The molecule has 1 N–H and O–H groups in total. The molecule has 5 nitrogen and oxygen atoms in total. The lowest BCUT2D eigenvalue weighted by molar-refractivity contribution is -0.142. The van der Waals surface area contributed by atoms with Crippen LogP contribution in [-0.4, -0.2) is 42.5 Å². The second-order valence-corrected chi connectivity index (χ2v) is 8.49. The maximum absolute atomic E-state index is 13.1. The Kier molecular flexibility index (Phi) is 9.86.